The van der Waals surface area contributed by atoms with Gasteiger partial charge in [0, 0.05) is 11.4 Å². The Bertz CT molecular complexity index is 1090. The molecule has 0 atom stereocenters. The molecule has 3 aromatic rings. The molecule has 0 unspecified atom stereocenters. The van der Waals surface area contributed by atoms with Crippen LogP contribution in [-0.4, -0.2) is 38.8 Å². The van der Waals surface area contributed by atoms with E-state index in [1.807, 2.05) is 30.3 Å². The molecule has 0 bridgehead atoms. The Labute approximate surface area is 185 Å². The second kappa shape index (κ2) is 9.74. The van der Waals surface area contributed by atoms with E-state index in [9.17, 15) is 9.59 Å². The van der Waals surface area contributed by atoms with Crippen LogP contribution in [0.4, 0.5) is 21.9 Å². The molecule has 32 heavy (non-hydrogen) atoms. The second-order valence-electron chi connectivity index (χ2n) is 6.99. The lowest BCUT2D eigenvalue weighted by Gasteiger charge is -2.29. The fourth-order valence-electron chi connectivity index (χ4n) is 3.27. The van der Waals surface area contributed by atoms with Crippen LogP contribution in [0.15, 0.2) is 72.8 Å². The summed E-state index contributed by atoms with van der Waals surface area (Å²) in [6.07, 6.45) is 0. The highest BCUT2D eigenvalue weighted by Crippen LogP contribution is 2.34. The van der Waals surface area contributed by atoms with Crippen molar-refractivity contribution < 1.29 is 23.8 Å². The topological polar surface area (TPSA) is 89.1 Å². The summed E-state index contributed by atoms with van der Waals surface area (Å²) in [4.78, 5) is 26.4. The van der Waals surface area contributed by atoms with Gasteiger partial charge in [-0.2, -0.15) is 0 Å². The van der Waals surface area contributed by atoms with Crippen molar-refractivity contribution in [3.05, 3.63) is 72.8 Å². The lowest BCUT2D eigenvalue weighted by Crippen LogP contribution is -2.41. The van der Waals surface area contributed by atoms with Crippen LogP contribution >= 0.6 is 0 Å². The monoisotopic (exact) mass is 433 g/mol. The van der Waals surface area contributed by atoms with Gasteiger partial charge in [0.25, 0.3) is 5.91 Å². The van der Waals surface area contributed by atoms with Crippen molar-refractivity contribution in [3.63, 3.8) is 0 Å². The molecule has 3 aromatic carbocycles. The van der Waals surface area contributed by atoms with Crippen LogP contribution in [0.2, 0.25) is 0 Å². The molecule has 3 amide bonds. The number of ether oxygens (including phenoxy) is 3. The van der Waals surface area contributed by atoms with Gasteiger partial charge in [0.2, 0.25) is 0 Å². The highest BCUT2D eigenvalue weighted by atomic mass is 16.5. The summed E-state index contributed by atoms with van der Waals surface area (Å²) in [6, 6.07) is 21.2. The number of fused-ring (bicyclic) bond motifs is 1. The molecule has 1 aliphatic rings. The van der Waals surface area contributed by atoms with Gasteiger partial charge in [-0.25, -0.2) is 4.79 Å². The lowest BCUT2D eigenvalue weighted by molar-refractivity contribution is -0.121. The summed E-state index contributed by atoms with van der Waals surface area (Å²) in [6.45, 7) is 0.585. The highest BCUT2D eigenvalue weighted by Gasteiger charge is 2.26. The molecule has 1 heterocycles. The molecule has 8 heteroatoms. The molecule has 8 nitrogen and oxygen atoms in total. The number of para-hydroxylation sites is 1. The fourth-order valence-corrected chi connectivity index (χ4v) is 3.27. The Morgan fingerprint density at radius 3 is 2.44 bits per heavy atom. The number of rotatable bonds is 7. The molecule has 0 fully saturated rings. The second-order valence-corrected chi connectivity index (χ2v) is 6.99. The van der Waals surface area contributed by atoms with Crippen LogP contribution in [-0.2, 0) is 4.79 Å². The molecule has 1 aliphatic heterocycles. The van der Waals surface area contributed by atoms with Crippen LogP contribution in [0, 0.1) is 0 Å². The zero-order chi connectivity index (χ0) is 22.3. The normalized spacial score (nSPS) is 12.4. The summed E-state index contributed by atoms with van der Waals surface area (Å²) in [5.74, 6) is 1.82. The minimum absolute atomic E-state index is 0.0448. The summed E-state index contributed by atoms with van der Waals surface area (Å²) < 4.78 is 16.4. The minimum atomic E-state index is -0.381. The van der Waals surface area contributed by atoms with E-state index in [-0.39, 0.29) is 18.5 Å². The molecule has 0 aromatic heterocycles. The molecular weight excluding hydrogens is 410 g/mol. The molecule has 0 saturated heterocycles. The number of methoxy groups -OCH3 is 1. The third kappa shape index (κ3) is 5.10. The van der Waals surface area contributed by atoms with Gasteiger partial charge in [-0.15, -0.1) is 0 Å². The van der Waals surface area contributed by atoms with Gasteiger partial charge in [-0.1, -0.05) is 18.2 Å². The Hall–Kier alpha value is -4.20. The number of urea groups is 1. The van der Waals surface area contributed by atoms with Crippen molar-refractivity contribution in [1.29, 1.82) is 0 Å². The van der Waals surface area contributed by atoms with Gasteiger partial charge in [-0.3, -0.25) is 4.79 Å². The number of nitrogens with one attached hydrogen (secondary N) is 2. The standard InChI is InChI=1S/C24H23N3O5/c1-30-19-8-10-20(11-9-19)31-14-13-27-21-15-18(7-12-22(21)32-16-23(27)28)26-24(29)25-17-5-3-2-4-6-17/h2-12,15H,13-14,16H2,1H3,(H2,25,26,29). The molecule has 2 N–H and O–H groups in total. The number of amides is 3. The first-order valence-electron chi connectivity index (χ1n) is 10.1. The number of benzene rings is 3. The first-order chi connectivity index (χ1) is 15.6. The van der Waals surface area contributed by atoms with Crippen molar-refractivity contribution in [1.82, 2.24) is 0 Å². The van der Waals surface area contributed by atoms with Gasteiger partial charge in [0.1, 0.15) is 23.9 Å². The predicted molar refractivity (Wildman–Crippen MR) is 122 cm³/mol. The van der Waals surface area contributed by atoms with Crippen molar-refractivity contribution in [3.8, 4) is 17.2 Å². The summed E-state index contributed by atoms with van der Waals surface area (Å²) in [5.41, 5.74) is 1.80. The number of nitrogens with zero attached hydrogens (tertiary/aromatic N) is 1. The third-order valence-electron chi connectivity index (χ3n) is 4.83. The van der Waals surface area contributed by atoms with Gasteiger partial charge < -0.3 is 29.7 Å². The largest absolute Gasteiger partial charge is 0.497 e. The van der Waals surface area contributed by atoms with Gasteiger partial charge in [0.05, 0.1) is 19.3 Å². The molecular formula is C24H23N3O5. The first-order valence-corrected chi connectivity index (χ1v) is 10.1. The summed E-state index contributed by atoms with van der Waals surface area (Å²) in [7, 11) is 1.60. The van der Waals surface area contributed by atoms with E-state index >= 15 is 0 Å². The van der Waals surface area contributed by atoms with Crippen molar-refractivity contribution in [2.24, 2.45) is 0 Å². The number of anilines is 3. The van der Waals surface area contributed by atoms with Crippen molar-refractivity contribution in [2.75, 3.05) is 42.4 Å². The van der Waals surface area contributed by atoms with Crippen LogP contribution in [0.3, 0.4) is 0 Å². The van der Waals surface area contributed by atoms with Crippen LogP contribution in [0.1, 0.15) is 0 Å². The maximum Gasteiger partial charge on any atom is 0.323 e. The average Bonchev–Trinajstić information content (AvgIpc) is 2.81. The number of hydrogen-bond acceptors (Lipinski definition) is 5. The molecule has 0 radical (unpaired) electrons. The number of hydrogen-bond donors (Lipinski definition) is 2. The zero-order valence-electron chi connectivity index (χ0n) is 17.5. The minimum Gasteiger partial charge on any atom is -0.497 e. The Morgan fingerprint density at radius 2 is 1.69 bits per heavy atom. The molecule has 0 saturated carbocycles. The summed E-state index contributed by atoms with van der Waals surface area (Å²) in [5, 5.41) is 5.54. The Kier molecular flexibility index (Phi) is 6.41. The zero-order valence-corrected chi connectivity index (χ0v) is 17.5. The maximum atomic E-state index is 12.5. The highest BCUT2D eigenvalue weighted by molar-refractivity contribution is 6.02. The summed E-state index contributed by atoms with van der Waals surface area (Å²) >= 11 is 0. The maximum absolute atomic E-state index is 12.5. The quantitative estimate of drug-likeness (QED) is 0.585. The van der Waals surface area contributed by atoms with E-state index in [1.54, 1.807) is 54.5 Å². The van der Waals surface area contributed by atoms with Crippen LogP contribution < -0.4 is 29.7 Å². The number of carbonyl (C=O) groups is 2. The van der Waals surface area contributed by atoms with Crippen molar-refractivity contribution >= 4 is 29.0 Å². The van der Waals surface area contributed by atoms with Crippen molar-refractivity contribution in [2.45, 2.75) is 0 Å². The van der Waals surface area contributed by atoms with E-state index in [1.165, 1.54) is 0 Å². The smallest absolute Gasteiger partial charge is 0.323 e. The lowest BCUT2D eigenvalue weighted by atomic mass is 10.2. The average molecular weight is 433 g/mol. The SMILES string of the molecule is COc1ccc(OCCN2C(=O)COc3ccc(NC(=O)Nc4ccccc4)cc32)cc1. The predicted octanol–water partition coefficient (Wildman–Crippen LogP) is 4.14. The van der Waals surface area contributed by atoms with E-state index in [0.717, 1.165) is 5.75 Å². The third-order valence-corrected chi connectivity index (χ3v) is 4.83. The Balaban J connectivity index is 1.41. The molecule has 0 aliphatic carbocycles. The fraction of sp³-hybridized carbons (Fsp3) is 0.167. The first kappa shape index (κ1) is 21.0. The van der Waals surface area contributed by atoms with E-state index in [2.05, 4.69) is 10.6 Å². The van der Waals surface area contributed by atoms with Crippen LogP contribution in [0.25, 0.3) is 0 Å². The molecule has 164 valence electrons. The molecule has 4 rings (SSSR count). The van der Waals surface area contributed by atoms with Crippen LogP contribution in [0.5, 0.6) is 17.2 Å². The van der Waals surface area contributed by atoms with E-state index < -0.39 is 0 Å². The number of carbonyl (C=O) groups excluding carboxylic acids is 2. The van der Waals surface area contributed by atoms with E-state index in [0.29, 0.717) is 41.7 Å². The van der Waals surface area contributed by atoms with Gasteiger partial charge >= 0.3 is 6.03 Å². The molecule has 0 spiro atoms. The Morgan fingerprint density at radius 1 is 0.969 bits per heavy atom. The van der Waals surface area contributed by atoms with E-state index in [4.69, 9.17) is 14.2 Å². The van der Waals surface area contributed by atoms with Gasteiger partial charge in [-0.05, 0) is 54.6 Å². The van der Waals surface area contributed by atoms with Gasteiger partial charge in [0.15, 0.2) is 6.61 Å².